The molecule has 0 spiro atoms. The molecule has 2 aliphatic carbocycles. The summed E-state index contributed by atoms with van der Waals surface area (Å²) in [5, 5.41) is 9.00. The number of nitrogen functional groups attached to an aromatic ring is 1. The van der Waals surface area contributed by atoms with Crippen molar-refractivity contribution in [3.05, 3.63) is 16.9 Å². The van der Waals surface area contributed by atoms with E-state index in [1.165, 1.54) is 12.8 Å². The van der Waals surface area contributed by atoms with Gasteiger partial charge in [0.25, 0.3) is 0 Å². The first kappa shape index (κ1) is 11.6. The Morgan fingerprint density at radius 3 is 2.67 bits per heavy atom. The molecule has 2 aliphatic rings. The molecular formula is C14H19NO3. The number of anilines is 1. The summed E-state index contributed by atoms with van der Waals surface area (Å²) >= 11 is 0. The van der Waals surface area contributed by atoms with Gasteiger partial charge in [0, 0.05) is 17.5 Å². The van der Waals surface area contributed by atoms with Crippen LogP contribution in [0.15, 0.2) is 4.42 Å². The van der Waals surface area contributed by atoms with Gasteiger partial charge < -0.3 is 15.3 Å². The summed E-state index contributed by atoms with van der Waals surface area (Å²) in [6, 6.07) is 0. The smallest absolute Gasteiger partial charge is 0.303 e. The molecule has 1 heterocycles. The zero-order chi connectivity index (χ0) is 12.7. The van der Waals surface area contributed by atoms with E-state index in [9.17, 15) is 4.79 Å². The first-order valence-electron chi connectivity index (χ1n) is 6.79. The van der Waals surface area contributed by atoms with Crippen LogP contribution >= 0.6 is 0 Å². The number of nitrogens with two attached hydrogens (primary N) is 1. The molecule has 4 heteroatoms. The molecule has 1 aromatic heterocycles. The maximum atomic E-state index is 10.9. The van der Waals surface area contributed by atoms with Crippen LogP contribution in [-0.4, -0.2) is 11.1 Å². The predicted molar refractivity (Wildman–Crippen MR) is 67.6 cm³/mol. The standard InChI is InChI=1S/C14H19NO3/c15-14-13(8-3-1-2-4-8)12-9(7-11(16)17)5-6-10(12)18-14/h8-9H,1-7,15H2,(H,16,17). The fourth-order valence-electron chi connectivity index (χ4n) is 3.66. The van der Waals surface area contributed by atoms with Crippen molar-refractivity contribution in [3.63, 3.8) is 0 Å². The van der Waals surface area contributed by atoms with Crippen LogP contribution in [0.2, 0.25) is 0 Å². The van der Waals surface area contributed by atoms with Gasteiger partial charge in [-0.2, -0.15) is 0 Å². The van der Waals surface area contributed by atoms with E-state index in [2.05, 4.69) is 0 Å². The van der Waals surface area contributed by atoms with E-state index in [1.54, 1.807) is 0 Å². The Balaban J connectivity index is 1.96. The molecule has 18 heavy (non-hydrogen) atoms. The van der Waals surface area contributed by atoms with Crippen molar-refractivity contribution < 1.29 is 14.3 Å². The van der Waals surface area contributed by atoms with Crippen LogP contribution in [0.25, 0.3) is 0 Å². The maximum absolute atomic E-state index is 10.9. The summed E-state index contributed by atoms with van der Waals surface area (Å²) in [4.78, 5) is 10.9. The molecule has 1 fully saturated rings. The highest BCUT2D eigenvalue weighted by Gasteiger charge is 2.36. The molecule has 0 amide bonds. The van der Waals surface area contributed by atoms with Crippen LogP contribution in [0, 0.1) is 0 Å². The average Bonchev–Trinajstić information content (AvgIpc) is 2.96. The molecule has 98 valence electrons. The van der Waals surface area contributed by atoms with Crippen LogP contribution < -0.4 is 5.73 Å². The summed E-state index contributed by atoms with van der Waals surface area (Å²) in [6.07, 6.45) is 6.74. The van der Waals surface area contributed by atoms with E-state index in [-0.39, 0.29) is 12.3 Å². The van der Waals surface area contributed by atoms with Crippen LogP contribution in [0.1, 0.15) is 67.2 Å². The molecule has 0 bridgehead atoms. The Hall–Kier alpha value is -1.45. The first-order chi connectivity index (χ1) is 8.66. The molecule has 1 saturated carbocycles. The third kappa shape index (κ3) is 1.80. The fourth-order valence-corrected chi connectivity index (χ4v) is 3.66. The molecule has 3 N–H and O–H groups in total. The summed E-state index contributed by atoms with van der Waals surface area (Å²) in [5.74, 6) is 1.36. The minimum Gasteiger partial charge on any atom is -0.481 e. The molecule has 0 aliphatic heterocycles. The second-order valence-corrected chi connectivity index (χ2v) is 5.53. The monoisotopic (exact) mass is 249 g/mol. The van der Waals surface area contributed by atoms with Gasteiger partial charge in [-0.3, -0.25) is 4.79 Å². The van der Waals surface area contributed by atoms with Gasteiger partial charge in [0.2, 0.25) is 0 Å². The zero-order valence-corrected chi connectivity index (χ0v) is 10.4. The third-order valence-electron chi connectivity index (χ3n) is 4.40. The van der Waals surface area contributed by atoms with Crippen molar-refractivity contribution in [2.24, 2.45) is 0 Å². The largest absolute Gasteiger partial charge is 0.481 e. The van der Waals surface area contributed by atoms with Crippen LogP contribution in [0.5, 0.6) is 0 Å². The summed E-state index contributed by atoms with van der Waals surface area (Å²) in [6.45, 7) is 0. The maximum Gasteiger partial charge on any atom is 0.303 e. The lowest BCUT2D eigenvalue weighted by atomic mass is 9.88. The van der Waals surface area contributed by atoms with Crippen molar-refractivity contribution in [1.82, 2.24) is 0 Å². The molecule has 0 aromatic carbocycles. The quantitative estimate of drug-likeness (QED) is 0.863. The third-order valence-corrected chi connectivity index (χ3v) is 4.40. The lowest BCUT2D eigenvalue weighted by molar-refractivity contribution is -0.137. The Morgan fingerprint density at radius 1 is 1.28 bits per heavy atom. The van der Waals surface area contributed by atoms with E-state index in [0.29, 0.717) is 11.8 Å². The molecule has 0 radical (unpaired) electrons. The van der Waals surface area contributed by atoms with Crippen molar-refractivity contribution in [2.45, 2.75) is 56.8 Å². The minimum absolute atomic E-state index is 0.106. The summed E-state index contributed by atoms with van der Waals surface area (Å²) in [7, 11) is 0. The number of carboxylic acids is 1. The topological polar surface area (TPSA) is 76.5 Å². The van der Waals surface area contributed by atoms with Gasteiger partial charge in [-0.15, -0.1) is 0 Å². The van der Waals surface area contributed by atoms with Gasteiger partial charge >= 0.3 is 5.97 Å². The van der Waals surface area contributed by atoms with Gasteiger partial charge in [-0.05, 0) is 31.1 Å². The zero-order valence-electron chi connectivity index (χ0n) is 10.4. The van der Waals surface area contributed by atoms with Crippen LogP contribution in [0.4, 0.5) is 5.88 Å². The number of fused-ring (bicyclic) bond motifs is 1. The number of carbonyl (C=O) groups is 1. The van der Waals surface area contributed by atoms with Crippen molar-refractivity contribution in [3.8, 4) is 0 Å². The molecule has 3 rings (SSSR count). The second-order valence-electron chi connectivity index (χ2n) is 5.53. The highest BCUT2D eigenvalue weighted by molar-refractivity contribution is 5.69. The van der Waals surface area contributed by atoms with Gasteiger partial charge in [-0.25, -0.2) is 0 Å². The molecule has 1 atom stereocenters. The van der Waals surface area contributed by atoms with Gasteiger partial charge in [0.1, 0.15) is 5.76 Å². The van der Waals surface area contributed by atoms with E-state index in [1.807, 2.05) is 0 Å². The van der Waals surface area contributed by atoms with Crippen molar-refractivity contribution in [2.75, 3.05) is 5.73 Å². The molecule has 4 nitrogen and oxygen atoms in total. The number of aryl methyl sites for hydroxylation is 1. The SMILES string of the molecule is Nc1oc2c(c1C1CCCC1)C(CC(=O)O)CC2. The number of aliphatic carboxylic acids is 1. The number of furan rings is 1. The average molecular weight is 249 g/mol. The lowest BCUT2D eigenvalue weighted by Gasteiger charge is -2.14. The predicted octanol–water partition coefficient (Wildman–Crippen LogP) is 3.02. The van der Waals surface area contributed by atoms with Gasteiger partial charge in [0.15, 0.2) is 5.88 Å². The Bertz CT molecular complexity index is 472. The second kappa shape index (κ2) is 4.34. The number of hydrogen-bond donors (Lipinski definition) is 2. The molecule has 0 saturated heterocycles. The van der Waals surface area contributed by atoms with Crippen molar-refractivity contribution >= 4 is 11.9 Å². The highest BCUT2D eigenvalue weighted by atomic mass is 16.4. The molecule has 1 unspecified atom stereocenters. The van der Waals surface area contributed by atoms with E-state index >= 15 is 0 Å². The van der Waals surface area contributed by atoms with E-state index in [0.717, 1.165) is 42.6 Å². The number of carboxylic acid groups (broad SMARTS) is 1. The Morgan fingerprint density at radius 2 is 2.00 bits per heavy atom. The van der Waals surface area contributed by atoms with E-state index < -0.39 is 5.97 Å². The van der Waals surface area contributed by atoms with Gasteiger partial charge in [0.05, 0.1) is 6.42 Å². The van der Waals surface area contributed by atoms with Gasteiger partial charge in [-0.1, -0.05) is 12.8 Å². The Labute approximate surface area is 106 Å². The molecular weight excluding hydrogens is 230 g/mol. The molecule has 1 aromatic rings. The summed E-state index contributed by atoms with van der Waals surface area (Å²) in [5.41, 5.74) is 8.30. The van der Waals surface area contributed by atoms with E-state index in [4.69, 9.17) is 15.3 Å². The summed E-state index contributed by atoms with van der Waals surface area (Å²) < 4.78 is 5.67. The highest BCUT2D eigenvalue weighted by Crippen LogP contribution is 2.48. The number of hydrogen-bond acceptors (Lipinski definition) is 3. The normalized spacial score (nSPS) is 23.4. The Kier molecular flexibility index (Phi) is 2.80. The first-order valence-corrected chi connectivity index (χ1v) is 6.79. The fraction of sp³-hybridized carbons (Fsp3) is 0.643. The van der Waals surface area contributed by atoms with Crippen LogP contribution in [0.3, 0.4) is 0 Å². The van der Waals surface area contributed by atoms with Crippen molar-refractivity contribution in [1.29, 1.82) is 0 Å². The number of rotatable bonds is 3. The minimum atomic E-state index is -0.731. The van der Waals surface area contributed by atoms with Crippen LogP contribution in [-0.2, 0) is 11.2 Å². The lowest BCUT2D eigenvalue weighted by Crippen LogP contribution is -2.07.